The lowest BCUT2D eigenvalue weighted by atomic mass is 10.1. The van der Waals surface area contributed by atoms with E-state index in [-0.39, 0.29) is 17.1 Å². The van der Waals surface area contributed by atoms with Crippen molar-refractivity contribution >= 4 is 11.5 Å². The first-order valence-corrected chi connectivity index (χ1v) is 4.24. The van der Waals surface area contributed by atoms with E-state index < -0.39 is 16.4 Å². The average Bonchev–Trinajstić information content (AvgIpc) is 2.64. The van der Waals surface area contributed by atoms with Crippen LogP contribution in [-0.2, 0) is 0 Å². The van der Waals surface area contributed by atoms with Crippen molar-refractivity contribution in [1.82, 2.24) is 5.16 Å². The fraction of sp³-hybridized carbons (Fsp3) is 0. The molecule has 2 N–H and O–H groups in total. The van der Waals surface area contributed by atoms with E-state index in [0.717, 1.165) is 12.1 Å². The van der Waals surface area contributed by atoms with Crippen LogP contribution >= 0.6 is 0 Å². The highest BCUT2D eigenvalue weighted by Crippen LogP contribution is 2.31. The molecule has 16 heavy (non-hydrogen) atoms. The van der Waals surface area contributed by atoms with Crippen molar-refractivity contribution in [3.8, 4) is 11.3 Å². The molecule has 0 bridgehead atoms. The molecule has 0 unspecified atom stereocenters. The lowest BCUT2D eigenvalue weighted by molar-refractivity contribution is -0.384. The standard InChI is InChI=1S/C9H6FN3O3/c10-5-1-2-6(7(3-5)13(14)15)8-4-9(11)12-16-8/h1-4H,(H2,11,12). The molecule has 0 amide bonds. The molecule has 1 aromatic heterocycles. The Morgan fingerprint density at radius 2 is 2.19 bits per heavy atom. The monoisotopic (exact) mass is 223 g/mol. The van der Waals surface area contributed by atoms with Gasteiger partial charge < -0.3 is 10.3 Å². The lowest BCUT2D eigenvalue weighted by Gasteiger charge is -1.98. The van der Waals surface area contributed by atoms with E-state index in [4.69, 9.17) is 10.3 Å². The topological polar surface area (TPSA) is 95.2 Å². The van der Waals surface area contributed by atoms with Crippen LogP contribution in [0.4, 0.5) is 15.9 Å². The molecule has 0 spiro atoms. The van der Waals surface area contributed by atoms with Crippen molar-refractivity contribution in [3.05, 3.63) is 40.2 Å². The Kier molecular flexibility index (Phi) is 2.28. The van der Waals surface area contributed by atoms with Crippen LogP contribution in [0.1, 0.15) is 0 Å². The molecule has 7 heteroatoms. The molecule has 0 aliphatic carbocycles. The number of halogens is 1. The minimum atomic E-state index is -0.697. The van der Waals surface area contributed by atoms with Crippen LogP contribution in [0.3, 0.4) is 0 Å². The number of hydrogen-bond acceptors (Lipinski definition) is 5. The number of anilines is 1. The van der Waals surface area contributed by atoms with Gasteiger partial charge in [0.25, 0.3) is 5.69 Å². The van der Waals surface area contributed by atoms with Crippen molar-refractivity contribution in [2.75, 3.05) is 5.73 Å². The smallest absolute Gasteiger partial charge is 0.283 e. The minimum absolute atomic E-state index is 0.105. The van der Waals surface area contributed by atoms with E-state index in [9.17, 15) is 14.5 Å². The SMILES string of the molecule is Nc1cc(-c2ccc(F)cc2[N+](=O)[O-])on1. The molecule has 6 nitrogen and oxygen atoms in total. The van der Waals surface area contributed by atoms with Crippen molar-refractivity contribution < 1.29 is 13.8 Å². The van der Waals surface area contributed by atoms with Crippen molar-refractivity contribution in [3.63, 3.8) is 0 Å². The molecule has 0 saturated heterocycles. The molecule has 0 saturated carbocycles. The Morgan fingerprint density at radius 3 is 2.75 bits per heavy atom. The third-order valence-electron chi connectivity index (χ3n) is 1.95. The van der Waals surface area contributed by atoms with Gasteiger partial charge in [-0.1, -0.05) is 5.16 Å². The van der Waals surface area contributed by atoms with Crippen molar-refractivity contribution in [2.24, 2.45) is 0 Å². The summed E-state index contributed by atoms with van der Waals surface area (Å²) in [7, 11) is 0. The molecule has 82 valence electrons. The molecule has 2 aromatic rings. The second kappa shape index (κ2) is 3.61. The van der Waals surface area contributed by atoms with Gasteiger partial charge in [0.05, 0.1) is 16.6 Å². The third kappa shape index (κ3) is 1.70. The van der Waals surface area contributed by atoms with Gasteiger partial charge in [-0.15, -0.1) is 0 Å². The van der Waals surface area contributed by atoms with Gasteiger partial charge in [0.15, 0.2) is 11.6 Å². The fourth-order valence-electron chi connectivity index (χ4n) is 1.28. The Bertz CT molecular complexity index is 553. The summed E-state index contributed by atoms with van der Waals surface area (Å²) in [5.41, 5.74) is 5.07. The highest BCUT2D eigenvalue weighted by molar-refractivity contribution is 5.70. The zero-order chi connectivity index (χ0) is 11.7. The summed E-state index contributed by atoms with van der Waals surface area (Å²) in [5.74, 6) is -0.458. The molecule has 0 aliphatic heterocycles. The highest BCUT2D eigenvalue weighted by Gasteiger charge is 2.19. The number of rotatable bonds is 2. The minimum Gasteiger partial charge on any atom is -0.381 e. The van der Waals surface area contributed by atoms with Gasteiger partial charge >= 0.3 is 0 Å². The highest BCUT2D eigenvalue weighted by atomic mass is 19.1. The van der Waals surface area contributed by atoms with E-state index in [1.54, 1.807) is 0 Å². The van der Waals surface area contributed by atoms with Crippen LogP contribution < -0.4 is 5.73 Å². The largest absolute Gasteiger partial charge is 0.381 e. The predicted molar refractivity (Wildman–Crippen MR) is 53.0 cm³/mol. The number of benzene rings is 1. The summed E-state index contributed by atoms with van der Waals surface area (Å²) >= 11 is 0. The van der Waals surface area contributed by atoms with Gasteiger partial charge in [0.1, 0.15) is 5.82 Å². The predicted octanol–water partition coefficient (Wildman–Crippen LogP) is 1.97. The van der Waals surface area contributed by atoms with Crippen LogP contribution in [0.2, 0.25) is 0 Å². The van der Waals surface area contributed by atoms with Gasteiger partial charge in [-0.25, -0.2) is 4.39 Å². The van der Waals surface area contributed by atoms with E-state index in [1.165, 1.54) is 12.1 Å². The molecule has 0 atom stereocenters. The van der Waals surface area contributed by atoms with E-state index in [1.807, 2.05) is 0 Å². The van der Waals surface area contributed by atoms with Gasteiger partial charge in [0.2, 0.25) is 0 Å². The van der Waals surface area contributed by atoms with Crippen LogP contribution in [0.5, 0.6) is 0 Å². The molecule has 1 heterocycles. The number of aromatic nitrogens is 1. The number of hydrogen-bond donors (Lipinski definition) is 1. The summed E-state index contributed by atoms with van der Waals surface area (Å²) < 4.78 is 17.6. The fourth-order valence-corrected chi connectivity index (χ4v) is 1.28. The lowest BCUT2D eigenvalue weighted by Crippen LogP contribution is -1.92. The second-order valence-electron chi connectivity index (χ2n) is 3.03. The van der Waals surface area contributed by atoms with Crippen LogP contribution in [0.25, 0.3) is 11.3 Å². The number of nitro groups is 1. The first-order valence-electron chi connectivity index (χ1n) is 4.24. The quantitative estimate of drug-likeness (QED) is 0.620. The number of nitrogen functional groups attached to an aromatic ring is 1. The zero-order valence-corrected chi connectivity index (χ0v) is 7.88. The normalized spacial score (nSPS) is 10.3. The van der Waals surface area contributed by atoms with E-state index in [0.29, 0.717) is 0 Å². The number of nitrogens with zero attached hydrogens (tertiary/aromatic N) is 2. The molecular weight excluding hydrogens is 217 g/mol. The Labute approximate surface area is 88.6 Å². The maximum atomic E-state index is 12.9. The van der Waals surface area contributed by atoms with Gasteiger partial charge in [-0.3, -0.25) is 10.1 Å². The summed E-state index contributed by atoms with van der Waals surface area (Å²) in [4.78, 5) is 10.0. The number of nitrogens with two attached hydrogens (primary N) is 1. The third-order valence-corrected chi connectivity index (χ3v) is 1.95. The van der Waals surface area contributed by atoms with Crippen molar-refractivity contribution in [2.45, 2.75) is 0 Å². The molecule has 1 aromatic carbocycles. The van der Waals surface area contributed by atoms with Crippen LogP contribution in [0, 0.1) is 15.9 Å². The van der Waals surface area contributed by atoms with E-state index >= 15 is 0 Å². The molecule has 0 fully saturated rings. The zero-order valence-electron chi connectivity index (χ0n) is 7.88. The second-order valence-corrected chi connectivity index (χ2v) is 3.03. The summed E-state index contributed by atoms with van der Waals surface area (Å²) in [6, 6.07) is 4.49. The van der Waals surface area contributed by atoms with E-state index in [2.05, 4.69) is 5.16 Å². The maximum Gasteiger partial charge on any atom is 0.283 e. The first-order chi connectivity index (χ1) is 7.58. The summed E-state index contributed by atoms with van der Waals surface area (Å²) in [6.45, 7) is 0. The van der Waals surface area contributed by atoms with Crippen LogP contribution in [-0.4, -0.2) is 10.1 Å². The Hall–Kier alpha value is -2.44. The maximum absolute atomic E-state index is 12.9. The number of nitro benzene ring substituents is 1. The molecule has 0 radical (unpaired) electrons. The molecule has 2 rings (SSSR count). The molecular formula is C9H6FN3O3. The Balaban J connectivity index is 2.60. The van der Waals surface area contributed by atoms with Crippen molar-refractivity contribution in [1.29, 1.82) is 0 Å². The average molecular weight is 223 g/mol. The molecule has 0 aliphatic rings. The Morgan fingerprint density at radius 1 is 1.44 bits per heavy atom. The first kappa shape index (κ1) is 10.1. The van der Waals surface area contributed by atoms with Crippen LogP contribution in [0.15, 0.2) is 28.8 Å². The summed E-state index contributed by atoms with van der Waals surface area (Å²) in [5, 5.41) is 14.1. The summed E-state index contributed by atoms with van der Waals surface area (Å²) in [6.07, 6.45) is 0. The van der Waals surface area contributed by atoms with Gasteiger partial charge in [0, 0.05) is 6.07 Å². The van der Waals surface area contributed by atoms with Gasteiger partial charge in [-0.2, -0.15) is 0 Å². The van der Waals surface area contributed by atoms with Gasteiger partial charge in [-0.05, 0) is 12.1 Å².